The first-order chi connectivity index (χ1) is 6.31. The normalized spacial score (nSPS) is 11.5. The maximum absolute atomic E-state index is 8.38. The predicted octanol–water partition coefficient (Wildman–Crippen LogP) is 1.45. The maximum Gasteiger partial charge on any atom is 0.137 e. The summed E-state index contributed by atoms with van der Waals surface area (Å²) >= 11 is 0. The van der Waals surface area contributed by atoms with Crippen molar-refractivity contribution in [3.63, 3.8) is 0 Å². The first-order valence-electron chi connectivity index (χ1n) is 3.92. The van der Waals surface area contributed by atoms with Gasteiger partial charge >= 0.3 is 0 Å². The average Bonchev–Trinajstić information content (AvgIpc) is 2.49. The van der Waals surface area contributed by atoms with E-state index in [9.17, 15) is 0 Å². The van der Waals surface area contributed by atoms with Crippen LogP contribution in [0, 0.1) is 6.92 Å². The second-order valence-corrected chi connectivity index (χ2v) is 2.86. The molecule has 0 fully saturated rings. The van der Waals surface area contributed by atoms with E-state index in [0.717, 1.165) is 16.9 Å². The van der Waals surface area contributed by atoms with E-state index < -0.39 is 0 Å². The van der Waals surface area contributed by atoms with Crippen LogP contribution in [-0.2, 0) is 0 Å². The van der Waals surface area contributed by atoms with Gasteiger partial charge in [-0.05, 0) is 24.6 Å². The van der Waals surface area contributed by atoms with Crippen molar-refractivity contribution < 1.29 is 5.21 Å². The highest BCUT2D eigenvalue weighted by atomic mass is 16.4. The molecule has 0 radical (unpaired) electrons. The number of aromatic nitrogens is 2. The van der Waals surface area contributed by atoms with Crippen LogP contribution in [0.2, 0.25) is 0 Å². The van der Waals surface area contributed by atoms with Crippen molar-refractivity contribution in [2.45, 2.75) is 6.92 Å². The molecule has 0 atom stereocenters. The number of pyridine rings is 1. The molecule has 2 rings (SSSR count). The molecule has 66 valence electrons. The Morgan fingerprint density at radius 1 is 1.62 bits per heavy atom. The van der Waals surface area contributed by atoms with Crippen molar-refractivity contribution in [2.24, 2.45) is 5.16 Å². The summed E-state index contributed by atoms with van der Waals surface area (Å²) in [5.74, 6) is 0. The van der Waals surface area contributed by atoms with Crippen molar-refractivity contribution in [2.75, 3.05) is 0 Å². The Hall–Kier alpha value is -1.84. The molecule has 2 heterocycles. The van der Waals surface area contributed by atoms with Gasteiger partial charge < -0.3 is 5.21 Å². The van der Waals surface area contributed by atoms with Crippen LogP contribution in [0.3, 0.4) is 0 Å². The van der Waals surface area contributed by atoms with Crippen molar-refractivity contribution in [1.82, 2.24) is 9.38 Å². The molecule has 0 amide bonds. The zero-order valence-electron chi connectivity index (χ0n) is 7.18. The third kappa shape index (κ3) is 1.26. The Bertz CT molecular complexity index is 459. The lowest BCUT2D eigenvalue weighted by Crippen LogP contribution is -1.90. The number of imidazole rings is 1. The zero-order valence-corrected chi connectivity index (χ0v) is 7.18. The summed E-state index contributed by atoms with van der Waals surface area (Å²) in [5, 5.41) is 11.3. The number of fused-ring (bicyclic) bond motifs is 1. The lowest BCUT2D eigenvalue weighted by Gasteiger charge is -1.96. The first kappa shape index (κ1) is 7.79. The Kier molecular flexibility index (Phi) is 1.73. The van der Waals surface area contributed by atoms with Crippen LogP contribution < -0.4 is 0 Å². The van der Waals surface area contributed by atoms with Gasteiger partial charge in [0, 0.05) is 6.20 Å². The Balaban J connectivity index is 2.68. The summed E-state index contributed by atoms with van der Waals surface area (Å²) in [5.41, 5.74) is 2.78. The van der Waals surface area contributed by atoms with Crippen molar-refractivity contribution in [3.8, 4) is 0 Å². The van der Waals surface area contributed by atoms with E-state index in [1.54, 1.807) is 6.20 Å². The van der Waals surface area contributed by atoms with Crippen LogP contribution >= 0.6 is 0 Å². The number of hydrogen-bond donors (Lipinski definition) is 1. The molecule has 13 heavy (non-hydrogen) atoms. The Morgan fingerprint density at radius 3 is 3.23 bits per heavy atom. The molecule has 0 saturated carbocycles. The predicted molar refractivity (Wildman–Crippen MR) is 49.3 cm³/mol. The van der Waals surface area contributed by atoms with Crippen molar-refractivity contribution in [3.05, 3.63) is 35.8 Å². The third-order valence-electron chi connectivity index (χ3n) is 1.89. The van der Waals surface area contributed by atoms with Gasteiger partial charge in [-0.25, -0.2) is 4.98 Å². The molecule has 0 spiro atoms. The van der Waals surface area contributed by atoms with Crippen LogP contribution in [0.1, 0.15) is 11.3 Å². The van der Waals surface area contributed by atoms with Gasteiger partial charge in [-0.15, -0.1) is 0 Å². The lowest BCUT2D eigenvalue weighted by atomic mass is 10.3. The number of oxime groups is 1. The smallest absolute Gasteiger partial charge is 0.137 e. The van der Waals surface area contributed by atoms with Gasteiger partial charge in [0.15, 0.2) is 0 Å². The maximum atomic E-state index is 8.38. The van der Waals surface area contributed by atoms with Crippen LogP contribution in [-0.4, -0.2) is 20.8 Å². The van der Waals surface area contributed by atoms with E-state index in [1.807, 2.05) is 29.7 Å². The molecule has 0 aromatic carbocycles. The van der Waals surface area contributed by atoms with Crippen molar-refractivity contribution >= 4 is 11.9 Å². The fourth-order valence-corrected chi connectivity index (χ4v) is 1.26. The molecule has 1 N–H and O–H groups in total. The molecule has 0 saturated heterocycles. The van der Waals surface area contributed by atoms with Crippen molar-refractivity contribution in [1.29, 1.82) is 0 Å². The van der Waals surface area contributed by atoms with Gasteiger partial charge in [0.1, 0.15) is 5.65 Å². The van der Waals surface area contributed by atoms with Gasteiger partial charge in [-0.1, -0.05) is 5.16 Å². The molecular weight excluding hydrogens is 166 g/mol. The minimum absolute atomic E-state index is 0.762. The highest BCUT2D eigenvalue weighted by Crippen LogP contribution is 2.06. The molecule has 0 aliphatic carbocycles. The van der Waals surface area contributed by atoms with Gasteiger partial charge in [-0.3, -0.25) is 4.40 Å². The van der Waals surface area contributed by atoms with Crippen LogP contribution in [0.25, 0.3) is 5.65 Å². The van der Waals surface area contributed by atoms with Gasteiger partial charge in [-0.2, -0.15) is 0 Å². The van der Waals surface area contributed by atoms with Crippen LogP contribution in [0.4, 0.5) is 0 Å². The quantitative estimate of drug-likeness (QED) is 0.405. The summed E-state index contributed by atoms with van der Waals surface area (Å²) < 4.78 is 1.85. The minimum Gasteiger partial charge on any atom is -0.411 e. The Morgan fingerprint density at radius 2 is 2.46 bits per heavy atom. The fourth-order valence-electron chi connectivity index (χ4n) is 1.26. The molecule has 0 bridgehead atoms. The van der Waals surface area contributed by atoms with Gasteiger partial charge in [0.2, 0.25) is 0 Å². The van der Waals surface area contributed by atoms with E-state index in [4.69, 9.17) is 5.21 Å². The summed E-state index contributed by atoms with van der Waals surface area (Å²) in [6.07, 6.45) is 4.92. The standard InChI is InChI=1S/C9H9N3O/c1-7-2-3-12-8(6-11-13)5-10-9(12)4-7/h2-6,13H,1H3/b11-6+. The number of hydrogen-bond acceptors (Lipinski definition) is 3. The van der Waals surface area contributed by atoms with Gasteiger partial charge in [0.05, 0.1) is 18.1 Å². The largest absolute Gasteiger partial charge is 0.411 e. The van der Waals surface area contributed by atoms with E-state index in [1.165, 1.54) is 6.21 Å². The second kappa shape index (κ2) is 2.90. The average molecular weight is 175 g/mol. The number of nitrogens with zero attached hydrogens (tertiary/aromatic N) is 3. The lowest BCUT2D eigenvalue weighted by molar-refractivity contribution is 0.321. The second-order valence-electron chi connectivity index (χ2n) is 2.86. The first-order valence-corrected chi connectivity index (χ1v) is 3.92. The highest BCUT2D eigenvalue weighted by Gasteiger charge is 1.99. The molecule has 0 unspecified atom stereocenters. The van der Waals surface area contributed by atoms with Gasteiger partial charge in [0.25, 0.3) is 0 Å². The monoisotopic (exact) mass is 175 g/mol. The molecule has 0 aliphatic heterocycles. The summed E-state index contributed by atoms with van der Waals surface area (Å²) in [6.45, 7) is 2.01. The van der Waals surface area contributed by atoms with E-state index in [0.29, 0.717) is 0 Å². The summed E-state index contributed by atoms with van der Waals surface area (Å²) in [6, 6.07) is 3.94. The fraction of sp³-hybridized carbons (Fsp3) is 0.111. The molecule has 4 heteroatoms. The molecule has 4 nitrogen and oxygen atoms in total. The highest BCUT2D eigenvalue weighted by molar-refractivity contribution is 5.78. The molecular formula is C9H9N3O. The zero-order chi connectivity index (χ0) is 9.26. The topological polar surface area (TPSA) is 49.9 Å². The SMILES string of the molecule is Cc1ccn2c(/C=N/O)cnc2c1. The van der Waals surface area contributed by atoms with Crippen LogP contribution in [0.15, 0.2) is 29.7 Å². The minimum atomic E-state index is 0.762. The number of rotatable bonds is 1. The van der Waals surface area contributed by atoms with E-state index in [2.05, 4.69) is 10.1 Å². The van der Waals surface area contributed by atoms with E-state index in [-0.39, 0.29) is 0 Å². The summed E-state index contributed by atoms with van der Waals surface area (Å²) in [7, 11) is 0. The number of aryl methyl sites for hydroxylation is 1. The molecule has 0 aliphatic rings. The Labute approximate surface area is 75.1 Å². The summed E-state index contributed by atoms with van der Waals surface area (Å²) in [4.78, 5) is 4.16. The van der Waals surface area contributed by atoms with Crippen LogP contribution in [0.5, 0.6) is 0 Å². The van der Waals surface area contributed by atoms with E-state index >= 15 is 0 Å². The molecule has 2 aromatic heterocycles. The third-order valence-corrected chi connectivity index (χ3v) is 1.89. The molecule has 2 aromatic rings.